The smallest absolute Gasteiger partial charge is 0.134 e. The van der Waals surface area contributed by atoms with Gasteiger partial charge in [-0.05, 0) is 39.3 Å². The Morgan fingerprint density at radius 2 is 1.95 bits per heavy atom. The van der Waals surface area contributed by atoms with Crippen molar-refractivity contribution in [3.8, 4) is 0 Å². The molecule has 0 aromatic carbocycles. The molecule has 1 saturated heterocycles. The summed E-state index contributed by atoms with van der Waals surface area (Å²) in [6.07, 6.45) is 5.22. The van der Waals surface area contributed by atoms with Crippen LogP contribution >= 0.6 is 0 Å². The van der Waals surface area contributed by atoms with Gasteiger partial charge in [-0.2, -0.15) is 0 Å². The van der Waals surface area contributed by atoms with Gasteiger partial charge in [0.15, 0.2) is 0 Å². The van der Waals surface area contributed by atoms with Gasteiger partial charge in [0.2, 0.25) is 0 Å². The topological polar surface area (TPSA) is 53.1 Å². The molecule has 1 unspecified atom stereocenters. The van der Waals surface area contributed by atoms with Crippen LogP contribution in [0.4, 0.5) is 11.6 Å². The van der Waals surface area contributed by atoms with Crippen molar-refractivity contribution in [1.82, 2.24) is 14.9 Å². The maximum atomic E-state index is 4.38. The predicted octanol–water partition coefficient (Wildman–Crippen LogP) is 1.98. The number of rotatable bonds is 6. The number of anilines is 2. The van der Waals surface area contributed by atoms with Crippen LogP contribution < -0.4 is 10.6 Å². The lowest BCUT2D eigenvalue weighted by Crippen LogP contribution is -2.35. The summed E-state index contributed by atoms with van der Waals surface area (Å²) in [5.74, 6) is 1.89. The molecule has 1 aliphatic heterocycles. The molecule has 1 aromatic rings. The fourth-order valence-corrected chi connectivity index (χ4v) is 2.67. The lowest BCUT2D eigenvalue weighted by molar-refractivity contribution is 0.269. The molecule has 1 atom stereocenters. The van der Waals surface area contributed by atoms with Gasteiger partial charge in [0.1, 0.15) is 18.0 Å². The van der Waals surface area contributed by atoms with Gasteiger partial charge in [-0.15, -0.1) is 0 Å². The molecule has 106 valence electrons. The van der Waals surface area contributed by atoms with Gasteiger partial charge in [0, 0.05) is 25.2 Å². The molecule has 2 N–H and O–H groups in total. The lowest BCUT2D eigenvalue weighted by atomic mass is 10.2. The molecule has 2 rings (SSSR count). The summed E-state index contributed by atoms with van der Waals surface area (Å²) < 4.78 is 0. The monoisotopic (exact) mass is 263 g/mol. The molecule has 0 bridgehead atoms. The standard InChI is InChI=1S/C14H25N5/c1-4-12-13(15-3)17-10-18-14(12)16-9-11(2)19-7-5-6-8-19/h10-11H,4-9H2,1-3H3,(H2,15,16,17,18). The number of likely N-dealkylation sites (tertiary alicyclic amines) is 1. The van der Waals surface area contributed by atoms with E-state index in [0.29, 0.717) is 6.04 Å². The molecule has 0 aliphatic carbocycles. The minimum Gasteiger partial charge on any atom is -0.373 e. The third-order valence-electron chi connectivity index (χ3n) is 3.86. The van der Waals surface area contributed by atoms with Crippen molar-refractivity contribution in [1.29, 1.82) is 0 Å². The normalized spacial score (nSPS) is 17.4. The van der Waals surface area contributed by atoms with Crippen molar-refractivity contribution in [2.45, 2.75) is 39.2 Å². The van der Waals surface area contributed by atoms with E-state index >= 15 is 0 Å². The van der Waals surface area contributed by atoms with E-state index in [2.05, 4.69) is 39.3 Å². The Morgan fingerprint density at radius 3 is 2.58 bits per heavy atom. The maximum absolute atomic E-state index is 4.38. The van der Waals surface area contributed by atoms with Crippen LogP contribution in [0.25, 0.3) is 0 Å². The molecule has 1 fully saturated rings. The quantitative estimate of drug-likeness (QED) is 0.822. The number of hydrogen-bond acceptors (Lipinski definition) is 5. The fourth-order valence-electron chi connectivity index (χ4n) is 2.67. The minimum absolute atomic E-state index is 0.556. The second-order valence-electron chi connectivity index (χ2n) is 5.13. The average Bonchev–Trinajstić information content (AvgIpc) is 2.98. The predicted molar refractivity (Wildman–Crippen MR) is 79.7 cm³/mol. The van der Waals surface area contributed by atoms with E-state index in [0.717, 1.165) is 24.6 Å². The van der Waals surface area contributed by atoms with Gasteiger partial charge in [0.05, 0.1) is 0 Å². The zero-order valence-corrected chi connectivity index (χ0v) is 12.2. The van der Waals surface area contributed by atoms with E-state index in [-0.39, 0.29) is 0 Å². The van der Waals surface area contributed by atoms with Gasteiger partial charge in [-0.25, -0.2) is 9.97 Å². The Morgan fingerprint density at radius 1 is 1.26 bits per heavy atom. The van der Waals surface area contributed by atoms with Gasteiger partial charge < -0.3 is 10.6 Å². The molecule has 0 amide bonds. The summed E-state index contributed by atoms with van der Waals surface area (Å²) in [5, 5.41) is 6.61. The highest BCUT2D eigenvalue weighted by Gasteiger charge is 2.18. The molecule has 1 aromatic heterocycles. The molecule has 19 heavy (non-hydrogen) atoms. The highest BCUT2D eigenvalue weighted by Crippen LogP contribution is 2.20. The van der Waals surface area contributed by atoms with E-state index < -0.39 is 0 Å². The largest absolute Gasteiger partial charge is 0.373 e. The van der Waals surface area contributed by atoms with Crippen LogP contribution in [0.3, 0.4) is 0 Å². The number of nitrogens with one attached hydrogen (secondary N) is 2. The van der Waals surface area contributed by atoms with E-state index in [1.165, 1.54) is 31.5 Å². The van der Waals surface area contributed by atoms with Crippen molar-refractivity contribution in [3.05, 3.63) is 11.9 Å². The van der Waals surface area contributed by atoms with Crippen molar-refractivity contribution in [2.75, 3.05) is 37.3 Å². The molecule has 5 heteroatoms. The maximum Gasteiger partial charge on any atom is 0.134 e. The molecular weight excluding hydrogens is 238 g/mol. The second kappa shape index (κ2) is 6.70. The first-order valence-electron chi connectivity index (χ1n) is 7.25. The molecule has 5 nitrogen and oxygen atoms in total. The molecule has 2 heterocycles. The first-order chi connectivity index (χ1) is 9.26. The van der Waals surface area contributed by atoms with Crippen molar-refractivity contribution in [2.24, 2.45) is 0 Å². The van der Waals surface area contributed by atoms with Crippen LogP contribution in [0, 0.1) is 0 Å². The fraction of sp³-hybridized carbons (Fsp3) is 0.714. The van der Waals surface area contributed by atoms with Crippen LogP contribution in [-0.4, -0.2) is 47.6 Å². The van der Waals surface area contributed by atoms with Crippen molar-refractivity contribution >= 4 is 11.6 Å². The second-order valence-corrected chi connectivity index (χ2v) is 5.13. The molecular formula is C14H25N5. The Bertz CT molecular complexity index is 401. The highest BCUT2D eigenvalue weighted by molar-refractivity contribution is 5.57. The molecule has 0 radical (unpaired) electrons. The van der Waals surface area contributed by atoms with Crippen LogP contribution in [0.15, 0.2) is 6.33 Å². The first-order valence-corrected chi connectivity index (χ1v) is 7.25. The number of aromatic nitrogens is 2. The molecule has 1 aliphatic rings. The molecule has 0 saturated carbocycles. The first kappa shape index (κ1) is 14.1. The lowest BCUT2D eigenvalue weighted by Gasteiger charge is -2.24. The number of hydrogen-bond donors (Lipinski definition) is 2. The van der Waals surface area contributed by atoms with E-state index in [1.54, 1.807) is 6.33 Å². The summed E-state index contributed by atoms with van der Waals surface area (Å²) in [6, 6.07) is 0.556. The Balaban J connectivity index is 1.98. The van der Waals surface area contributed by atoms with Gasteiger partial charge in [-0.3, -0.25) is 4.90 Å². The van der Waals surface area contributed by atoms with Crippen LogP contribution in [0.1, 0.15) is 32.3 Å². The van der Waals surface area contributed by atoms with E-state index in [1.807, 2.05) is 7.05 Å². The van der Waals surface area contributed by atoms with Crippen molar-refractivity contribution in [3.63, 3.8) is 0 Å². The van der Waals surface area contributed by atoms with Gasteiger partial charge in [0.25, 0.3) is 0 Å². The van der Waals surface area contributed by atoms with Gasteiger partial charge >= 0.3 is 0 Å². The zero-order chi connectivity index (χ0) is 13.7. The average molecular weight is 263 g/mol. The summed E-state index contributed by atoms with van der Waals surface area (Å²) in [5.41, 5.74) is 1.17. The number of nitrogens with zero attached hydrogens (tertiary/aromatic N) is 3. The highest BCUT2D eigenvalue weighted by atomic mass is 15.2. The summed E-state index contributed by atoms with van der Waals surface area (Å²) in [4.78, 5) is 11.2. The van der Waals surface area contributed by atoms with Crippen LogP contribution in [0.5, 0.6) is 0 Å². The third-order valence-corrected chi connectivity index (χ3v) is 3.86. The third kappa shape index (κ3) is 3.35. The van der Waals surface area contributed by atoms with Crippen LogP contribution in [-0.2, 0) is 6.42 Å². The minimum atomic E-state index is 0.556. The Labute approximate surface area is 115 Å². The van der Waals surface area contributed by atoms with Crippen LogP contribution in [0.2, 0.25) is 0 Å². The van der Waals surface area contributed by atoms with Gasteiger partial charge in [-0.1, -0.05) is 6.92 Å². The Hall–Kier alpha value is -1.36. The SMILES string of the molecule is CCc1c(NC)ncnc1NCC(C)N1CCCC1. The van der Waals surface area contributed by atoms with E-state index in [4.69, 9.17) is 0 Å². The summed E-state index contributed by atoms with van der Waals surface area (Å²) in [7, 11) is 1.90. The van der Waals surface area contributed by atoms with Crippen molar-refractivity contribution < 1.29 is 0 Å². The summed E-state index contributed by atoms with van der Waals surface area (Å²) >= 11 is 0. The summed E-state index contributed by atoms with van der Waals surface area (Å²) in [6.45, 7) is 7.82. The zero-order valence-electron chi connectivity index (χ0n) is 12.2. The molecule has 0 spiro atoms. The van der Waals surface area contributed by atoms with E-state index in [9.17, 15) is 0 Å². The Kier molecular flexibility index (Phi) is 4.96.